The molecule has 6 nitrogen and oxygen atoms in total. The van der Waals surface area contributed by atoms with Gasteiger partial charge in [-0.05, 0) is 39.3 Å². The highest BCUT2D eigenvalue weighted by Crippen LogP contribution is 2.24. The van der Waals surface area contributed by atoms with Crippen molar-refractivity contribution in [3.8, 4) is 0 Å². The van der Waals surface area contributed by atoms with Crippen molar-refractivity contribution in [2.75, 3.05) is 60.7 Å². The number of ether oxygens (including phenoxy) is 2. The van der Waals surface area contributed by atoms with E-state index in [9.17, 15) is 0 Å². The molecule has 0 saturated carbocycles. The smallest absolute Gasteiger partial charge is 0.191 e. The average Bonchev–Trinajstić information content (AvgIpc) is 2.54. The van der Waals surface area contributed by atoms with Crippen molar-refractivity contribution in [1.82, 2.24) is 15.5 Å². The predicted molar refractivity (Wildman–Crippen MR) is 96.1 cm³/mol. The zero-order valence-corrected chi connectivity index (χ0v) is 15.7. The van der Waals surface area contributed by atoms with Crippen molar-refractivity contribution < 1.29 is 9.47 Å². The summed E-state index contributed by atoms with van der Waals surface area (Å²) in [6, 6.07) is 0. The van der Waals surface area contributed by atoms with E-state index in [4.69, 9.17) is 9.47 Å². The van der Waals surface area contributed by atoms with Gasteiger partial charge in [-0.3, -0.25) is 4.99 Å². The Kier molecular flexibility index (Phi) is 9.52. The molecule has 1 aliphatic rings. The largest absolute Gasteiger partial charge is 0.381 e. The maximum Gasteiger partial charge on any atom is 0.191 e. The summed E-state index contributed by atoms with van der Waals surface area (Å²) < 4.78 is 11.1. The Labute approximate surface area is 142 Å². The molecule has 0 aliphatic carbocycles. The second-order valence-electron chi connectivity index (χ2n) is 6.91. The molecule has 1 aliphatic heterocycles. The number of nitrogens with zero attached hydrogens (tertiary/aromatic N) is 2. The second kappa shape index (κ2) is 10.8. The molecule has 6 heteroatoms. The van der Waals surface area contributed by atoms with Crippen LogP contribution >= 0.6 is 0 Å². The summed E-state index contributed by atoms with van der Waals surface area (Å²) in [5.41, 5.74) is 0.149. The predicted octanol–water partition coefficient (Wildman–Crippen LogP) is 1.32. The number of nitrogens with one attached hydrogen (secondary N) is 2. The first-order valence-electron chi connectivity index (χ1n) is 8.77. The SMILES string of the molecule is CN=C(NCCCOCC(C)C)NCC1(N(C)C)CCOCC1. The minimum Gasteiger partial charge on any atom is -0.381 e. The molecule has 0 atom stereocenters. The Balaban J connectivity index is 2.27. The van der Waals surface area contributed by atoms with E-state index in [1.165, 1.54) is 0 Å². The van der Waals surface area contributed by atoms with Gasteiger partial charge in [0.25, 0.3) is 0 Å². The normalized spacial score (nSPS) is 18.5. The summed E-state index contributed by atoms with van der Waals surface area (Å²) in [7, 11) is 6.11. The van der Waals surface area contributed by atoms with E-state index >= 15 is 0 Å². The van der Waals surface area contributed by atoms with Gasteiger partial charge in [0.2, 0.25) is 0 Å². The number of guanidine groups is 1. The van der Waals surface area contributed by atoms with Crippen molar-refractivity contribution in [1.29, 1.82) is 0 Å². The van der Waals surface area contributed by atoms with Gasteiger partial charge in [-0.2, -0.15) is 0 Å². The summed E-state index contributed by atoms with van der Waals surface area (Å²) in [6.07, 6.45) is 3.08. The molecule has 0 unspecified atom stereocenters. The Morgan fingerprint density at radius 1 is 1.26 bits per heavy atom. The Hall–Kier alpha value is -0.850. The van der Waals surface area contributed by atoms with E-state index in [1.807, 2.05) is 7.05 Å². The van der Waals surface area contributed by atoms with Gasteiger partial charge in [0.1, 0.15) is 0 Å². The Bertz CT molecular complexity index is 339. The molecule has 0 radical (unpaired) electrons. The standard InChI is InChI=1S/C17H36N4O2/c1-15(2)13-23-10-6-9-19-16(18-3)20-14-17(21(4)5)7-11-22-12-8-17/h15H,6-14H2,1-5H3,(H2,18,19,20). The summed E-state index contributed by atoms with van der Waals surface area (Å²) in [5, 5.41) is 6.83. The first kappa shape index (κ1) is 20.2. The third-order valence-corrected chi connectivity index (χ3v) is 4.39. The van der Waals surface area contributed by atoms with Gasteiger partial charge in [0, 0.05) is 52.1 Å². The van der Waals surface area contributed by atoms with E-state index in [-0.39, 0.29) is 5.54 Å². The maximum atomic E-state index is 5.59. The summed E-state index contributed by atoms with van der Waals surface area (Å²) in [6.45, 7) is 9.38. The van der Waals surface area contributed by atoms with Crippen molar-refractivity contribution >= 4 is 5.96 Å². The van der Waals surface area contributed by atoms with Crippen LogP contribution in [0, 0.1) is 5.92 Å². The minimum atomic E-state index is 0.149. The number of likely N-dealkylation sites (N-methyl/N-ethyl adjacent to an activating group) is 1. The van der Waals surface area contributed by atoms with Gasteiger partial charge in [-0.15, -0.1) is 0 Å². The van der Waals surface area contributed by atoms with Gasteiger partial charge in [-0.1, -0.05) is 13.8 Å². The van der Waals surface area contributed by atoms with Crippen LogP contribution in [0.5, 0.6) is 0 Å². The van der Waals surface area contributed by atoms with Gasteiger partial charge < -0.3 is 25.0 Å². The molecule has 1 saturated heterocycles. The van der Waals surface area contributed by atoms with E-state index in [2.05, 4.69) is 48.5 Å². The van der Waals surface area contributed by atoms with E-state index in [0.29, 0.717) is 5.92 Å². The molecule has 0 amide bonds. The highest BCUT2D eigenvalue weighted by molar-refractivity contribution is 5.79. The van der Waals surface area contributed by atoms with Crippen molar-refractivity contribution in [3.05, 3.63) is 0 Å². The number of hydrogen-bond donors (Lipinski definition) is 2. The third kappa shape index (κ3) is 7.50. The van der Waals surface area contributed by atoms with Gasteiger partial charge in [0.05, 0.1) is 0 Å². The molecule has 1 fully saturated rings. The highest BCUT2D eigenvalue weighted by atomic mass is 16.5. The minimum absolute atomic E-state index is 0.149. The summed E-state index contributed by atoms with van der Waals surface area (Å²) in [5.74, 6) is 1.46. The summed E-state index contributed by atoms with van der Waals surface area (Å²) >= 11 is 0. The molecule has 0 aromatic carbocycles. The molecule has 1 heterocycles. The fourth-order valence-electron chi connectivity index (χ4n) is 2.70. The lowest BCUT2D eigenvalue weighted by atomic mass is 9.88. The molecule has 2 N–H and O–H groups in total. The van der Waals surface area contributed by atoms with E-state index in [0.717, 1.165) is 64.7 Å². The lowest BCUT2D eigenvalue weighted by Crippen LogP contribution is -2.57. The van der Waals surface area contributed by atoms with Gasteiger partial charge in [0.15, 0.2) is 5.96 Å². The Morgan fingerprint density at radius 2 is 1.96 bits per heavy atom. The monoisotopic (exact) mass is 328 g/mol. The molecule has 0 bridgehead atoms. The number of aliphatic imine (C=N–C) groups is 1. The van der Waals surface area contributed by atoms with Crippen LogP contribution in [0.15, 0.2) is 4.99 Å². The van der Waals surface area contributed by atoms with Crippen LogP contribution in [0.1, 0.15) is 33.1 Å². The quantitative estimate of drug-likeness (QED) is 0.380. The highest BCUT2D eigenvalue weighted by Gasteiger charge is 2.34. The zero-order chi connectivity index (χ0) is 17.1. The zero-order valence-electron chi connectivity index (χ0n) is 15.7. The van der Waals surface area contributed by atoms with E-state index < -0.39 is 0 Å². The molecular weight excluding hydrogens is 292 g/mol. The lowest BCUT2D eigenvalue weighted by molar-refractivity contribution is -0.00501. The fraction of sp³-hybridized carbons (Fsp3) is 0.941. The van der Waals surface area contributed by atoms with Crippen LogP contribution in [0.4, 0.5) is 0 Å². The third-order valence-electron chi connectivity index (χ3n) is 4.39. The van der Waals surface area contributed by atoms with Crippen LogP contribution < -0.4 is 10.6 Å². The topological polar surface area (TPSA) is 58.1 Å². The van der Waals surface area contributed by atoms with Crippen LogP contribution in [-0.2, 0) is 9.47 Å². The lowest BCUT2D eigenvalue weighted by Gasteiger charge is -2.43. The number of rotatable bonds is 9. The van der Waals surface area contributed by atoms with Crippen molar-refractivity contribution in [2.45, 2.75) is 38.6 Å². The maximum absolute atomic E-state index is 5.59. The van der Waals surface area contributed by atoms with Crippen LogP contribution in [-0.4, -0.2) is 77.1 Å². The van der Waals surface area contributed by atoms with Gasteiger partial charge >= 0.3 is 0 Å². The molecule has 23 heavy (non-hydrogen) atoms. The van der Waals surface area contributed by atoms with Crippen LogP contribution in [0.3, 0.4) is 0 Å². The van der Waals surface area contributed by atoms with Crippen LogP contribution in [0.2, 0.25) is 0 Å². The van der Waals surface area contributed by atoms with E-state index in [1.54, 1.807) is 0 Å². The summed E-state index contributed by atoms with van der Waals surface area (Å²) in [4.78, 5) is 6.63. The Morgan fingerprint density at radius 3 is 2.52 bits per heavy atom. The molecule has 0 aromatic heterocycles. The molecular formula is C17H36N4O2. The molecule has 1 rings (SSSR count). The van der Waals surface area contributed by atoms with Crippen LogP contribution in [0.25, 0.3) is 0 Å². The average molecular weight is 329 g/mol. The number of hydrogen-bond acceptors (Lipinski definition) is 4. The second-order valence-corrected chi connectivity index (χ2v) is 6.91. The van der Waals surface area contributed by atoms with Crippen molar-refractivity contribution in [2.24, 2.45) is 10.9 Å². The van der Waals surface area contributed by atoms with Gasteiger partial charge in [-0.25, -0.2) is 0 Å². The van der Waals surface area contributed by atoms with Crippen molar-refractivity contribution in [3.63, 3.8) is 0 Å². The fourth-order valence-corrected chi connectivity index (χ4v) is 2.70. The molecule has 136 valence electrons. The first-order chi connectivity index (χ1) is 11.0. The first-order valence-corrected chi connectivity index (χ1v) is 8.77. The molecule has 0 aromatic rings. The molecule has 0 spiro atoms.